The van der Waals surface area contributed by atoms with Gasteiger partial charge in [-0.15, -0.1) is 0 Å². The van der Waals surface area contributed by atoms with Crippen molar-refractivity contribution >= 4 is 17.3 Å². The molecular formula is C13H14N4O2. The van der Waals surface area contributed by atoms with Crippen LogP contribution in [-0.2, 0) is 7.05 Å². The Labute approximate surface area is 110 Å². The van der Waals surface area contributed by atoms with E-state index in [1.54, 1.807) is 50.5 Å². The fourth-order valence-corrected chi connectivity index (χ4v) is 1.64. The Morgan fingerprint density at radius 1 is 1.32 bits per heavy atom. The number of anilines is 1. The van der Waals surface area contributed by atoms with Gasteiger partial charge in [0.05, 0.1) is 5.71 Å². The normalized spacial score (nSPS) is 11.4. The Hall–Kier alpha value is -2.63. The molecule has 0 fully saturated rings. The molecule has 2 N–H and O–H groups in total. The van der Waals surface area contributed by atoms with Gasteiger partial charge in [-0.2, -0.15) is 5.10 Å². The topological polar surface area (TPSA) is 79.5 Å². The van der Waals surface area contributed by atoms with Crippen LogP contribution in [0, 0.1) is 0 Å². The van der Waals surface area contributed by atoms with Crippen LogP contribution in [-0.4, -0.2) is 26.6 Å². The molecule has 0 aliphatic carbocycles. The highest BCUT2D eigenvalue weighted by Crippen LogP contribution is 2.12. The van der Waals surface area contributed by atoms with Gasteiger partial charge in [-0.3, -0.25) is 9.48 Å². The van der Waals surface area contributed by atoms with E-state index in [4.69, 9.17) is 5.21 Å². The summed E-state index contributed by atoms with van der Waals surface area (Å²) in [4.78, 5) is 11.9. The molecule has 0 saturated carbocycles. The van der Waals surface area contributed by atoms with Crippen LogP contribution >= 0.6 is 0 Å². The van der Waals surface area contributed by atoms with E-state index in [0.29, 0.717) is 17.1 Å². The minimum absolute atomic E-state index is 0.222. The Bertz CT molecular complexity index is 614. The van der Waals surface area contributed by atoms with E-state index in [1.807, 2.05) is 0 Å². The zero-order valence-electron chi connectivity index (χ0n) is 10.7. The molecule has 0 radical (unpaired) electrons. The second-order valence-electron chi connectivity index (χ2n) is 4.06. The van der Waals surface area contributed by atoms with E-state index in [1.165, 1.54) is 4.68 Å². The van der Waals surface area contributed by atoms with E-state index < -0.39 is 0 Å². The number of aromatic nitrogens is 2. The summed E-state index contributed by atoms with van der Waals surface area (Å²) < 4.78 is 1.51. The predicted molar refractivity (Wildman–Crippen MR) is 71.6 cm³/mol. The monoisotopic (exact) mass is 258 g/mol. The first-order chi connectivity index (χ1) is 9.11. The van der Waals surface area contributed by atoms with Crippen LogP contribution in [0.25, 0.3) is 0 Å². The third-order valence-electron chi connectivity index (χ3n) is 2.76. The van der Waals surface area contributed by atoms with E-state index >= 15 is 0 Å². The maximum Gasteiger partial charge on any atom is 0.273 e. The lowest BCUT2D eigenvalue weighted by molar-refractivity contribution is 0.101. The third-order valence-corrected chi connectivity index (χ3v) is 2.76. The van der Waals surface area contributed by atoms with Crippen LogP contribution in [0.5, 0.6) is 0 Å². The van der Waals surface area contributed by atoms with Gasteiger partial charge in [0.2, 0.25) is 0 Å². The molecule has 19 heavy (non-hydrogen) atoms. The SMILES string of the molecule is CC(=NO)c1ccc(NC(=O)c2ccnn2C)cc1. The zero-order chi connectivity index (χ0) is 13.8. The van der Waals surface area contributed by atoms with Crippen LogP contribution < -0.4 is 5.32 Å². The Morgan fingerprint density at radius 2 is 2.00 bits per heavy atom. The van der Waals surface area contributed by atoms with Crippen LogP contribution in [0.3, 0.4) is 0 Å². The predicted octanol–water partition coefficient (Wildman–Crippen LogP) is 1.87. The highest BCUT2D eigenvalue weighted by Gasteiger charge is 2.09. The van der Waals surface area contributed by atoms with Crippen molar-refractivity contribution in [2.24, 2.45) is 12.2 Å². The number of hydrogen-bond acceptors (Lipinski definition) is 4. The highest BCUT2D eigenvalue weighted by atomic mass is 16.4. The maximum atomic E-state index is 11.9. The molecular weight excluding hydrogens is 244 g/mol. The second-order valence-corrected chi connectivity index (χ2v) is 4.06. The van der Waals surface area contributed by atoms with Crippen molar-refractivity contribution in [1.29, 1.82) is 0 Å². The number of nitrogens with one attached hydrogen (secondary N) is 1. The summed E-state index contributed by atoms with van der Waals surface area (Å²) in [7, 11) is 1.71. The summed E-state index contributed by atoms with van der Waals surface area (Å²) in [6.45, 7) is 1.70. The molecule has 0 saturated heterocycles. The number of oxime groups is 1. The summed E-state index contributed by atoms with van der Waals surface area (Å²) in [6.07, 6.45) is 1.57. The zero-order valence-corrected chi connectivity index (χ0v) is 10.7. The molecule has 0 aliphatic rings. The van der Waals surface area contributed by atoms with E-state index in [2.05, 4.69) is 15.6 Å². The van der Waals surface area contributed by atoms with Crippen molar-refractivity contribution in [2.75, 3.05) is 5.32 Å². The van der Waals surface area contributed by atoms with Gasteiger partial charge in [-0.1, -0.05) is 17.3 Å². The lowest BCUT2D eigenvalue weighted by Gasteiger charge is -2.06. The summed E-state index contributed by atoms with van der Waals surface area (Å²) in [5.41, 5.74) is 2.46. The molecule has 0 bridgehead atoms. The smallest absolute Gasteiger partial charge is 0.273 e. The molecule has 2 aromatic rings. The number of hydrogen-bond donors (Lipinski definition) is 2. The molecule has 1 aromatic heterocycles. The van der Waals surface area contributed by atoms with E-state index in [9.17, 15) is 4.79 Å². The van der Waals surface area contributed by atoms with Gasteiger partial charge in [0.1, 0.15) is 5.69 Å². The molecule has 6 heteroatoms. The number of carbonyl (C=O) groups excluding carboxylic acids is 1. The van der Waals surface area contributed by atoms with Crippen molar-refractivity contribution < 1.29 is 10.0 Å². The van der Waals surface area contributed by atoms with Crippen LogP contribution in [0.1, 0.15) is 23.0 Å². The number of rotatable bonds is 3. The lowest BCUT2D eigenvalue weighted by atomic mass is 10.1. The largest absolute Gasteiger partial charge is 0.411 e. The number of nitrogens with zero attached hydrogens (tertiary/aromatic N) is 3. The second kappa shape index (κ2) is 5.34. The molecule has 1 aromatic carbocycles. The lowest BCUT2D eigenvalue weighted by Crippen LogP contribution is -2.16. The number of aryl methyl sites for hydroxylation is 1. The van der Waals surface area contributed by atoms with Gasteiger partial charge in [0.25, 0.3) is 5.91 Å². The van der Waals surface area contributed by atoms with Crippen molar-refractivity contribution in [2.45, 2.75) is 6.92 Å². The molecule has 1 amide bonds. The highest BCUT2D eigenvalue weighted by molar-refractivity contribution is 6.03. The molecule has 2 rings (SSSR count). The number of benzene rings is 1. The van der Waals surface area contributed by atoms with Gasteiger partial charge < -0.3 is 10.5 Å². The average Bonchev–Trinajstić information content (AvgIpc) is 2.85. The number of carbonyl (C=O) groups is 1. The molecule has 0 atom stereocenters. The van der Waals surface area contributed by atoms with Crippen molar-refractivity contribution in [3.63, 3.8) is 0 Å². The van der Waals surface area contributed by atoms with Gasteiger partial charge >= 0.3 is 0 Å². The van der Waals surface area contributed by atoms with E-state index in [-0.39, 0.29) is 5.91 Å². The minimum Gasteiger partial charge on any atom is -0.411 e. The standard InChI is InChI=1S/C13H14N4O2/c1-9(16-19)10-3-5-11(6-4-10)15-13(18)12-7-8-14-17(12)2/h3-8,19H,1-2H3,(H,15,18). The first kappa shape index (κ1) is 12.8. The first-order valence-corrected chi connectivity index (χ1v) is 5.70. The van der Waals surface area contributed by atoms with Gasteiger partial charge in [-0.25, -0.2) is 0 Å². The van der Waals surface area contributed by atoms with Gasteiger partial charge in [0.15, 0.2) is 0 Å². The molecule has 0 unspecified atom stereocenters. The Kier molecular flexibility index (Phi) is 3.61. The summed E-state index contributed by atoms with van der Waals surface area (Å²) in [5.74, 6) is -0.222. The van der Waals surface area contributed by atoms with E-state index in [0.717, 1.165) is 5.56 Å². The summed E-state index contributed by atoms with van der Waals surface area (Å²) >= 11 is 0. The molecule has 0 spiro atoms. The fourth-order valence-electron chi connectivity index (χ4n) is 1.64. The molecule has 98 valence electrons. The van der Waals surface area contributed by atoms with Crippen molar-refractivity contribution in [1.82, 2.24) is 9.78 Å². The third kappa shape index (κ3) is 2.79. The minimum atomic E-state index is -0.222. The summed E-state index contributed by atoms with van der Waals surface area (Å²) in [5, 5.41) is 18.5. The van der Waals surface area contributed by atoms with Crippen LogP contribution in [0.2, 0.25) is 0 Å². The number of amides is 1. The molecule has 1 heterocycles. The van der Waals surface area contributed by atoms with Gasteiger partial charge in [-0.05, 0) is 30.7 Å². The average molecular weight is 258 g/mol. The first-order valence-electron chi connectivity index (χ1n) is 5.70. The van der Waals surface area contributed by atoms with Crippen LogP contribution in [0.4, 0.5) is 5.69 Å². The molecule has 6 nitrogen and oxygen atoms in total. The Morgan fingerprint density at radius 3 is 2.53 bits per heavy atom. The Balaban J connectivity index is 2.12. The van der Waals surface area contributed by atoms with Crippen molar-refractivity contribution in [3.8, 4) is 0 Å². The quantitative estimate of drug-likeness (QED) is 0.501. The van der Waals surface area contributed by atoms with Crippen molar-refractivity contribution in [3.05, 3.63) is 47.8 Å². The maximum absolute atomic E-state index is 11.9. The summed E-state index contributed by atoms with van der Waals surface area (Å²) in [6, 6.07) is 8.69. The van der Waals surface area contributed by atoms with Gasteiger partial charge in [0, 0.05) is 18.9 Å². The fraction of sp³-hybridized carbons (Fsp3) is 0.154. The van der Waals surface area contributed by atoms with Crippen LogP contribution in [0.15, 0.2) is 41.7 Å². The molecule has 0 aliphatic heterocycles.